The smallest absolute Gasteiger partial charge is 0.135 e. The fourth-order valence-electron chi connectivity index (χ4n) is 4.85. The summed E-state index contributed by atoms with van der Waals surface area (Å²) in [4.78, 5) is 5.28. The molecule has 124 valence electrons. The van der Waals surface area contributed by atoms with Crippen molar-refractivity contribution in [3.8, 4) is 0 Å². The van der Waals surface area contributed by atoms with Gasteiger partial charge in [-0.3, -0.25) is 4.90 Å². The number of fused-ring (bicyclic) bond motifs is 6. The fraction of sp³-hybridized carbons (Fsp3) is 0.429. The van der Waals surface area contributed by atoms with Gasteiger partial charge in [-0.05, 0) is 57.4 Å². The maximum atomic E-state index is 6.06. The predicted octanol–water partition coefficient (Wildman–Crippen LogP) is 4.91. The largest absolute Gasteiger partial charge is 0.456 e. The van der Waals surface area contributed by atoms with E-state index in [2.05, 4.69) is 60.9 Å². The van der Waals surface area contributed by atoms with Crippen LogP contribution in [-0.2, 0) is 0 Å². The fourth-order valence-corrected chi connectivity index (χ4v) is 4.85. The summed E-state index contributed by atoms with van der Waals surface area (Å²) in [5.74, 6) is 0. The maximum Gasteiger partial charge on any atom is 0.135 e. The van der Waals surface area contributed by atoms with E-state index in [9.17, 15) is 0 Å². The van der Waals surface area contributed by atoms with Crippen LogP contribution < -0.4 is 4.90 Å². The molecule has 24 heavy (non-hydrogen) atoms. The zero-order valence-corrected chi connectivity index (χ0v) is 14.7. The van der Waals surface area contributed by atoms with Crippen molar-refractivity contribution < 1.29 is 4.42 Å². The molecule has 1 atom stereocenters. The summed E-state index contributed by atoms with van der Waals surface area (Å²) in [6.45, 7) is 9.47. The molecule has 3 aliphatic rings. The van der Waals surface area contributed by atoms with Gasteiger partial charge in [-0.1, -0.05) is 18.2 Å². The van der Waals surface area contributed by atoms with Gasteiger partial charge in [0.25, 0.3) is 0 Å². The molecule has 2 aromatic carbocycles. The molecule has 3 fully saturated rings. The Balaban J connectivity index is 1.74. The normalized spacial score (nSPS) is 29.7. The number of nitrogens with zero attached hydrogens (tertiary/aromatic N) is 2. The Morgan fingerprint density at radius 2 is 1.79 bits per heavy atom. The molecule has 0 aliphatic carbocycles. The van der Waals surface area contributed by atoms with Crippen molar-refractivity contribution in [1.82, 2.24) is 4.90 Å². The SMILES string of the molecule is Cc1cc2oc3ccccc3c2cc1N1C(C)N2CCC1(C)CC2. The third kappa shape index (κ3) is 1.82. The van der Waals surface area contributed by atoms with E-state index in [-0.39, 0.29) is 5.54 Å². The quantitative estimate of drug-likeness (QED) is 0.635. The molecule has 3 nitrogen and oxygen atoms in total. The molecule has 6 rings (SSSR count). The number of piperidine rings is 1. The summed E-state index contributed by atoms with van der Waals surface area (Å²) in [6, 6.07) is 12.9. The lowest BCUT2D eigenvalue weighted by molar-refractivity contribution is 0.0486. The lowest BCUT2D eigenvalue weighted by atomic mass is 9.82. The number of hydrogen-bond donors (Lipinski definition) is 0. The van der Waals surface area contributed by atoms with E-state index in [1.54, 1.807) is 0 Å². The van der Waals surface area contributed by atoms with Gasteiger partial charge in [0.2, 0.25) is 0 Å². The Labute approximate surface area is 142 Å². The van der Waals surface area contributed by atoms with Gasteiger partial charge in [0.05, 0.1) is 6.17 Å². The number of benzene rings is 2. The van der Waals surface area contributed by atoms with Gasteiger partial charge in [-0.25, -0.2) is 0 Å². The van der Waals surface area contributed by atoms with Crippen molar-refractivity contribution in [2.24, 2.45) is 0 Å². The molecule has 2 bridgehead atoms. The zero-order valence-electron chi connectivity index (χ0n) is 14.7. The van der Waals surface area contributed by atoms with Crippen molar-refractivity contribution >= 4 is 27.6 Å². The first-order valence-corrected chi connectivity index (χ1v) is 9.02. The third-order valence-electron chi connectivity index (χ3n) is 6.31. The second-order valence-electron chi connectivity index (χ2n) is 7.77. The van der Waals surface area contributed by atoms with E-state index >= 15 is 0 Å². The highest BCUT2D eigenvalue weighted by molar-refractivity contribution is 6.06. The van der Waals surface area contributed by atoms with E-state index in [0.717, 1.165) is 11.2 Å². The number of hydrogen-bond acceptors (Lipinski definition) is 3. The van der Waals surface area contributed by atoms with Crippen LogP contribution in [0.15, 0.2) is 40.8 Å². The average molecular weight is 320 g/mol. The zero-order chi connectivity index (χ0) is 16.5. The van der Waals surface area contributed by atoms with Gasteiger partial charge >= 0.3 is 0 Å². The number of anilines is 1. The Kier molecular flexibility index (Phi) is 2.85. The maximum absolute atomic E-state index is 6.06. The highest BCUT2D eigenvalue weighted by Gasteiger charge is 2.46. The molecule has 0 N–H and O–H groups in total. The molecule has 0 spiro atoms. The molecule has 0 radical (unpaired) electrons. The monoisotopic (exact) mass is 320 g/mol. The summed E-state index contributed by atoms with van der Waals surface area (Å²) in [6.07, 6.45) is 2.97. The van der Waals surface area contributed by atoms with E-state index in [1.165, 1.54) is 48.0 Å². The topological polar surface area (TPSA) is 19.6 Å². The van der Waals surface area contributed by atoms with Gasteiger partial charge in [0.15, 0.2) is 0 Å². The van der Waals surface area contributed by atoms with Gasteiger partial charge < -0.3 is 9.32 Å². The van der Waals surface area contributed by atoms with Crippen LogP contribution in [0.3, 0.4) is 0 Å². The summed E-state index contributed by atoms with van der Waals surface area (Å²) >= 11 is 0. The molecule has 1 aromatic heterocycles. The van der Waals surface area contributed by atoms with E-state index in [0.29, 0.717) is 6.17 Å². The lowest BCUT2D eigenvalue weighted by Gasteiger charge is -2.60. The predicted molar refractivity (Wildman–Crippen MR) is 99.6 cm³/mol. The van der Waals surface area contributed by atoms with Crippen LogP contribution in [0.4, 0.5) is 5.69 Å². The van der Waals surface area contributed by atoms with E-state index < -0.39 is 0 Å². The van der Waals surface area contributed by atoms with Gasteiger partial charge in [-0.15, -0.1) is 0 Å². The van der Waals surface area contributed by atoms with E-state index in [1.807, 2.05) is 6.07 Å². The van der Waals surface area contributed by atoms with Crippen LogP contribution in [0.2, 0.25) is 0 Å². The van der Waals surface area contributed by atoms with Gasteiger partial charge in [0, 0.05) is 35.1 Å². The Morgan fingerprint density at radius 1 is 1.04 bits per heavy atom. The summed E-state index contributed by atoms with van der Waals surface area (Å²) in [5.41, 5.74) is 4.92. The van der Waals surface area contributed by atoms with Crippen molar-refractivity contribution in [3.05, 3.63) is 42.0 Å². The lowest BCUT2D eigenvalue weighted by Crippen LogP contribution is -2.68. The standard InChI is InChI=1S/C21H24N2O/c1-14-12-20-17(16-6-4-5-7-19(16)24-20)13-18(14)23-15(2)22-10-8-21(23,3)9-11-22/h4-7,12-13,15H,8-11H2,1-3H3. The highest BCUT2D eigenvalue weighted by Crippen LogP contribution is 2.44. The van der Waals surface area contributed by atoms with Crippen LogP contribution in [0.1, 0.15) is 32.3 Å². The number of aryl methyl sites for hydroxylation is 1. The summed E-state index contributed by atoms with van der Waals surface area (Å²) in [5, 5.41) is 2.45. The molecular formula is C21H24N2O. The highest BCUT2D eigenvalue weighted by atomic mass is 16.3. The summed E-state index contributed by atoms with van der Waals surface area (Å²) in [7, 11) is 0. The minimum atomic E-state index is 0.270. The first-order valence-electron chi connectivity index (χ1n) is 9.02. The number of furan rings is 1. The first-order chi connectivity index (χ1) is 11.6. The van der Waals surface area contributed by atoms with Crippen molar-refractivity contribution in [2.75, 3.05) is 18.0 Å². The van der Waals surface area contributed by atoms with Crippen LogP contribution >= 0.6 is 0 Å². The molecule has 3 heteroatoms. The van der Waals surface area contributed by atoms with Crippen LogP contribution in [0.25, 0.3) is 21.9 Å². The minimum Gasteiger partial charge on any atom is -0.456 e. The van der Waals surface area contributed by atoms with E-state index in [4.69, 9.17) is 4.42 Å². The van der Waals surface area contributed by atoms with Gasteiger partial charge in [-0.2, -0.15) is 0 Å². The second kappa shape index (κ2) is 4.76. The molecule has 3 aromatic rings. The second-order valence-corrected chi connectivity index (χ2v) is 7.77. The van der Waals surface area contributed by atoms with Crippen LogP contribution in [-0.4, -0.2) is 29.7 Å². The molecule has 1 unspecified atom stereocenters. The molecule has 0 saturated carbocycles. The molecule has 0 amide bonds. The number of rotatable bonds is 1. The molecule has 3 aliphatic heterocycles. The average Bonchev–Trinajstić information content (AvgIpc) is 2.92. The van der Waals surface area contributed by atoms with Crippen LogP contribution in [0.5, 0.6) is 0 Å². The molecule has 4 heterocycles. The Bertz CT molecular complexity index is 934. The van der Waals surface area contributed by atoms with Crippen molar-refractivity contribution in [2.45, 2.75) is 45.3 Å². The van der Waals surface area contributed by atoms with Gasteiger partial charge in [0.1, 0.15) is 11.2 Å². The van der Waals surface area contributed by atoms with Crippen molar-refractivity contribution in [1.29, 1.82) is 0 Å². The number of para-hydroxylation sites is 1. The minimum absolute atomic E-state index is 0.270. The first kappa shape index (κ1) is 14.4. The Hall–Kier alpha value is -2.00. The Morgan fingerprint density at radius 3 is 2.54 bits per heavy atom. The van der Waals surface area contributed by atoms with Crippen LogP contribution in [0, 0.1) is 6.92 Å². The van der Waals surface area contributed by atoms with Crippen molar-refractivity contribution in [3.63, 3.8) is 0 Å². The molecular weight excluding hydrogens is 296 g/mol. The summed E-state index contributed by atoms with van der Waals surface area (Å²) < 4.78 is 6.06. The third-order valence-corrected chi connectivity index (χ3v) is 6.31. The molecule has 3 saturated heterocycles.